The van der Waals surface area contributed by atoms with E-state index in [0.717, 1.165) is 25.7 Å². The van der Waals surface area contributed by atoms with Gasteiger partial charge in [-0.05, 0) is 38.0 Å². The largest absolute Gasteiger partial charge is 0.393 e. The molecule has 1 saturated carbocycles. The first-order valence-electron chi connectivity index (χ1n) is 5.78. The van der Waals surface area contributed by atoms with Gasteiger partial charge in [0, 0.05) is 5.92 Å². The summed E-state index contributed by atoms with van der Waals surface area (Å²) in [5.74, 6) is 1.43. The van der Waals surface area contributed by atoms with Crippen molar-refractivity contribution in [1.29, 1.82) is 0 Å². The summed E-state index contributed by atoms with van der Waals surface area (Å²) in [6, 6.07) is 0. The molecule has 1 N–H and O–H groups in total. The molecule has 0 spiro atoms. The van der Waals surface area contributed by atoms with Gasteiger partial charge >= 0.3 is 0 Å². The third-order valence-corrected chi connectivity index (χ3v) is 3.76. The Kier molecular flexibility index (Phi) is 4.11. The van der Waals surface area contributed by atoms with E-state index < -0.39 is 0 Å². The summed E-state index contributed by atoms with van der Waals surface area (Å²) >= 11 is 0. The molecule has 0 saturated heterocycles. The zero-order valence-electron chi connectivity index (χ0n) is 9.49. The fourth-order valence-corrected chi connectivity index (χ4v) is 2.73. The van der Waals surface area contributed by atoms with Crippen LogP contribution in [-0.4, -0.2) is 17.0 Å². The molecular formula is C12H22O2. The van der Waals surface area contributed by atoms with Crippen molar-refractivity contribution in [3.05, 3.63) is 0 Å². The first kappa shape index (κ1) is 11.7. The molecule has 0 radical (unpaired) electrons. The number of hydrogen-bond donors (Lipinski definition) is 1. The fraction of sp³-hybridized carbons (Fsp3) is 0.917. The molecule has 1 unspecified atom stereocenters. The van der Waals surface area contributed by atoms with Gasteiger partial charge in [0.15, 0.2) is 0 Å². The van der Waals surface area contributed by atoms with Crippen molar-refractivity contribution in [2.75, 3.05) is 0 Å². The highest BCUT2D eigenvalue weighted by molar-refractivity contribution is 5.78. The smallest absolute Gasteiger partial charge is 0.132 e. The predicted molar refractivity (Wildman–Crippen MR) is 57.0 cm³/mol. The number of carbonyl (C=O) groups is 1. The van der Waals surface area contributed by atoms with Crippen LogP contribution < -0.4 is 0 Å². The minimum atomic E-state index is -0.204. The second-order valence-electron chi connectivity index (χ2n) is 4.59. The molecule has 0 heterocycles. The number of ketones is 1. The van der Waals surface area contributed by atoms with Crippen molar-refractivity contribution < 1.29 is 9.90 Å². The molecule has 2 heteroatoms. The van der Waals surface area contributed by atoms with Crippen LogP contribution in [0.1, 0.15) is 46.5 Å². The Hall–Kier alpha value is -0.370. The molecule has 0 aromatic rings. The highest BCUT2D eigenvalue weighted by Crippen LogP contribution is 2.41. The van der Waals surface area contributed by atoms with E-state index in [9.17, 15) is 9.90 Å². The minimum absolute atomic E-state index is 0.204. The first-order valence-corrected chi connectivity index (χ1v) is 5.78. The Morgan fingerprint density at radius 2 is 2.07 bits per heavy atom. The molecule has 0 aliphatic heterocycles. The van der Waals surface area contributed by atoms with Crippen molar-refractivity contribution >= 4 is 5.78 Å². The monoisotopic (exact) mass is 198 g/mol. The van der Waals surface area contributed by atoms with Gasteiger partial charge in [-0.2, -0.15) is 0 Å². The van der Waals surface area contributed by atoms with E-state index in [1.54, 1.807) is 6.92 Å². The number of aliphatic hydroxyl groups is 1. The molecule has 0 aromatic carbocycles. The van der Waals surface area contributed by atoms with Gasteiger partial charge in [0.05, 0.1) is 6.10 Å². The third kappa shape index (κ3) is 2.35. The van der Waals surface area contributed by atoms with Gasteiger partial charge in [0.25, 0.3) is 0 Å². The van der Waals surface area contributed by atoms with Crippen LogP contribution in [0, 0.1) is 17.8 Å². The molecule has 82 valence electrons. The highest BCUT2D eigenvalue weighted by Gasteiger charge is 2.38. The minimum Gasteiger partial charge on any atom is -0.393 e. The SMILES string of the molecule is CCC(O)[C@@H]1C[C@@H](C(C)=O)C[C@H]1CC. The Bertz CT molecular complexity index is 200. The standard InChI is InChI=1S/C12H22O2/c1-4-9-6-10(8(3)13)7-11(9)12(14)5-2/h9-12,14H,4-7H2,1-3H3/t9-,10+,11-,12?/m1/s1. The van der Waals surface area contributed by atoms with Crippen LogP contribution in [-0.2, 0) is 4.79 Å². The summed E-state index contributed by atoms with van der Waals surface area (Å²) in [7, 11) is 0. The second-order valence-corrected chi connectivity index (χ2v) is 4.59. The topological polar surface area (TPSA) is 37.3 Å². The average Bonchev–Trinajstić information content (AvgIpc) is 2.60. The van der Waals surface area contributed by atoms with E-state index in [-0.39, 0.29) is 12.0 Å². The fourth-order valence-electron chi connectivity index (χ4n) is 2.73. The van der Waals surface area contributed by atoms with Crippen LogP contribution in [0.3, 0.4) is 0 Å². The molecule has 0 amide bonds. The van der Waals surface area contributed by atoms with Gasteiger partial charge in [-0.15, -0.1) is 0 Å². The number of rotatable bonds is 4. The lowest BCUT2D eigenvalue weighted by Gasteiger charge is -2.22. The number of hydrogen-bond acceptors (Lipinski definition) is 2. The van der Waals surface area contributed by atoms with Gasteiger partial charge in [0.2, 0.25) is 0 Å². The van der Waals surface area contributed by atoms with Crippen LogP contribution in [0.25, 0.3) is 0 Å². The number of aliphatic hydroxyl groups excluding tert-OH is 1. The van der Waals surface area contributed by atoms with E-state index in [1.807, 2.05) is 6.92 Å². The zero-order valence-corrected chi connectivity index (χ0v) is 9.49. The van der Waals surface area contributed by atoms with Crippen LogP contribution in [0.15, 0.2) is 0 Å². The molecule has 0 aromatic heterocycles. The van der Waals surface area contributed by atoms with E-state index in [0.29, 0.717) is 17.6 Å². The van der Waals surface area contributed by atoms with E-state index in [4.69, 9.17) is 0 Å². The van der Waals surface area contributed by atoms with Crippen molar-refractivity contribution in [2.24, 2.45) is 17.8 Å². The maximum atomic E-state index is 11.3. The van der Waals surface area contributed by atoms with E-state index >= 15 is 0 Å². The van der Waals surface area contributed by atoms with E-state index in [2.05, 4.69) is 6.92 Å². The van der Waals surface area contributed by atoms with Gasteiger partial charge in [-0.25, -0.2) is 0 Å². The maximum Gasteiger partial charge on any atom is 0.132 e. The van der Waals surface area contributed by atoms with Crippen molar-refractivity contribution in [3.8, 4) is 0 Å². The molecule has 14 heavy (non-hydrogen) atoms. The summed E-state index contributed by atoms with van der Waals surface area (Å²) in [6.07, 6.45) is 3.59. The summed E-state index contributed by atoms with van der Waals surface area (Å²) < 4.78 is 0. The lowest BCUT2D eigenvalue weighted by molar-refractivity contribution is -0.120. The quantitative estimate of drug-likeness (QED) is 0.753. The molecular weight excluding hydrogens is 176 g/mol. The van der Waals surface area contributed by atoms with Crippen LogP contribution in [0.4, 0.5) is 0 Å². The Morgan fingerprint density at radius 3 is 2.50 bits per heavy atom. The molecule has 1 rings (SSSR count). The molecule has 2 nitrogen and oxygen atoms in total. The number of carbonyl (C=O) groups excluding carboxylic acids is 1. The van der Waals surface area contributed by atoms with Crippen molar-refractivity contribution in [3.63, 3.8) is 0 Å². The molecule has 1 aliphatic rings. The zero-order chi connectivity index (χ0) is 10.7. The second kappa shape index (κ2) is 4.92. The normalized spacial score (nSPS) is 34.4. The van der Waals surface area contributed by atoms with Gasteiger partial charge in [-0.3, -0.25) is 4.79 Å². The Balaban J connectivity index is 2.62. The van der Waals surface area contributed by atoms with Crippen LogP contribution >= 0.6 is 0 Å². The molecule has 1 fully saturated rings. The summed E-state index contributed by atoms with van der Waals surface area (Å²) in [6.45, 7) is 5.85. The first-order chi connectivity index (χ1) is 6.60. The molecule has 4 atom stereocenters. The average molecular weight is 198 g/mol. The Labute approximate surface area is 86.7 Å². The predicted octanol–water partition coefficient (Wildman–Crippen LogP) is 2.40. The lowest BCUT2D eigenvalue weighted by Crippen LogP contribution is -2.22. The van der Waals surface area contributed by atoms with Crippen LogP contribution in [0.5, 0.6) is 0 Å². The summed E-state index contributed by atoms with van der Waals surface area (Å²) in [5, 5.41) is 9.85. The van der Waals surface area contributed by atoms with Gasteiger partial charge in [0.1, 0.15) is 5.78 Å². The van der Waals surface area contributed by atoms with Crippen LogP contribution in [0.2, 0.25) is 0 Å². The van der Waals surface area contributed by atoms with Crippen molar-refractivity contribution in [1.82, 2.24) is 0 Å². The third-order valence-electron chi connectivity index (χ3n) is 3.76. The number of Topliss-reactive ketones (excluding diaryl/α,β-unsaturated/α-hetero) is 1. The van der Waals surface area contributed by atoms with Crippen molar-refractivity contribution in [2.45, 2.75) is 52.6 Å². The highest BCUT2D eigenvalue weighted by atomic mass is 16.3. The Morgan fingerprint density at radius 1 is 1.43 bits per heavy atom. The van der Waals surface area contributed by atoms with E-state index in [1.165, 1.54) is 0 Å². The maximum absolute atomic E-state index is 11.3. The summed E-state index contributed by atoms with van der Waals surface area (Å²) in [5.41, 5.74) is 0. The molecule has 1 aliphatic carbocycles. The lowest BCUT2D eigenvalue weighted by atomic mass is 9.88. The molecule has 0 bridgehead atoms. The van der Waals surface area contributed by atoms with Gasteiger partial charge in [-0.1, -0.05) is 20.3 Å². The van der Waals surface area contributed by atoms with Gasteiger partial charge < -0.3 is 5.11 Å². The summed E-state index contributed by atoms with van der Waals surface area (Å²) in [4.78, 5) is 11.3.